The van der Waals surface area contributed by atoms with E-state index in [1.165, 1.54) is 0 Å². The van der Waals surface area contributed by atoms with Crippen LogP contribution in [0.1, 0.15) is 19.3 Å². The maximum absolute atomic E-state index is 12.5. The molecular weight excluding hydrogens is 474 g/mol. The van der Waals surface area contributed by atoms with Gasteiger partial charge in [0.05, 0.1) is 58.9 Å². The van der Waals surface area contributed by atoms with Gasteiger partial charge in [-0.1, -0.05) is 0 Å². The van der Waals surface area contributed by atoms with Crippen LogP contribution in [-0.2, 0) is 42.8 Å². The molecule has 3 fully saturated rings. The summed E-state index contributed by atoms with van der Waals surface area (Å²) in [5, 5.41) is 0. The summed E-state index contributed by atoms with van der Waals surface area (Å²) < 4.78 is 32.2. The predicted octanol–water partition coefficient (Wildman–Crippen LogP) is -0.848. The van der Waals surface area contributed by atoms with Crippen LogP contribution in [0, 0.1) is 0 Å². The van der Waals surface area contributed by atoms with Crippen molar-refractivity contribution >= 4 is 17.9 Å². The summed E-state index contributed by atoms with van der Waals surface area (Å²) >= 11 is 0. The second kappa shape index (κ2) is 16.8. The Kier molecular flexibility index (Phi) is 13.4. The highest BCUT2D eigenvalue weighted by Crippen LogP contribution is 2.06. The third kappa shape index (κ3) is 11.9. The first-order chi connectivity index (χ1) is 17.6. The second-order valence-corrected chi connectivity index (χ2v) is 9.09. The first kappa shape index (κ1) is 28.7. The largest absolute Gasteiger partial charge is 0.462 e. The molecule has 0 aromatic rings. The van der Waals surface area contributed by atoms with Crippen molar-refractivity contribution in [2.75, 3.05) is 112 Å². The average molecular weight is 516 g/mol. The zero-order valence-corrected chi connectivity index (χ0v) is 21.2. The summed E-state index contributed by atoms with van der Waals surface area (Å²) in [7, 11) is 0. The van der Waals surface area contributed by atoms with E-state index in [2.05, 4.69) is 14.7 Å². The molecule has 0 aliphatic carbocycles. The number of hydrogen-bond acceptors (Lipinski definition) is 12. The highest BCUT2D eigenvalue weighted by Gasteiger charge is 2.22. The maximum atomic E-state index is 12.5. The first-order valence-corrected chi connectivity index (χ1v) is 13.0. The van der Waals surface area contributed by atoms with Gasteiger partial charge in [0.15, 0.2) is 6.10 Å². The highest BCUT2D eigenvalue weighted by molar-refractivity contribution is 5.71. The van der Waals surface area contributed by atoms with Crippen LogP contribution in [0.15, 0.2) is 0 Å². The SMILES string of the molecule is O=C(CCN1CCOCC1)OCC(COC(=O)CCN1CCOCC1)OC(=O)CCN1CCOCC1. The third-order valence-corrected chi connectivity index (χ3v) is 6.37. The standard InChI is InChI=1S/C24H41N3O9/c28-22(1-4-25-7-13-31-14-8-25)34-19-21(36-24(30)3-6-27-11-17-33-18-12-27)20-35-23(29)2-5-26-9-15-32-16-10-26/h21H,1-20H2. The molecule has 0 amide bonds. The molecule has 0 N–H and O–H groups in total. The van der Waals surface area contributed by atoms with Crippen molar-refractivity contribution in [3.05, 3.63) is 0 Å². The Morgan fingerprint density at radius 3 is 1.25 bits per heavy atom. The Labute approximate surface area is 213 Å². The number of carbonyl (C=O) groups is 3. The topological polar surface area (TPSA) is 116 Å². The Bertz CT molecular complexity index is 625. The van der Waals surface area contributed by atoms with Crippen molar-refractivity contribution in [1.29, 1.82) is 0 Å². The number of carbonyl (C=O) groups excluding carboxylic acids is 3. The van der Waals surface area contributed by atoms with E-state index < -0.39 is 12.1 Å². The molecule has 0 aromatic carbocycles. The van der Waals surface area contributed by atoms with Crippen LogP contribution < -0.4 is 0 Å². The van der Waals surface area contributed by atoms with Gasteiger partial charge in [-0.15, -0.1) is 0 Å². The molecule has 36 heavy (non-hydrogen) atoms. The third-order valence-electron chi connectivity index (χ3n) is 6.37. The summed E-state index contributed by atoms with van der Waals surface area (Å²) in [6.07, 6.45) is -0.178. The van der Waals surface area contributed by atoms with E-state index >= 15 is 0 Å². The fraction of sp³-hybridized carbons (Fsp3) is 0.875. The van der Waals surface area contributed by atoms with E-state index in [1.54, 1.807) is 0 Å². The van der Waals surface area contributed by atoms with Crippen LogP contribution in [0.3, 0.4) is 0 Å². The second-order valence-electron chi connectivity index (χ2n) is 9.09. The van der Waals surface area contributed by atoms with E-state index in [-0.39, 0.29) is 44.4 Å². The molecule has 0 aromatic heterocycles. The minimum absolute atomic E-state index is 0.151. The average Bonchev–Trinajstić information content (AvgIpc) is 2.92. The lowest BCUT2D eigenvalue weighted by atomic mass is 10.3. The van der Waals surface area contributed by atoms with Crippen LogP contribution in [0.2, 0.25) is 0 Å². The van der Waals surface area contributed by atoms with Crippen molar-refractivity contribution in [2.45, 2.75) is 25.4 Å². The summed E-state index contributed by atoms with van der Waals surface area (Å²) in [5.74, 6) is -1.18. The molecular formula is C24H41N3O9. The monoisotopic (exact) mass is 515 g/mol. The van der Waals surface area contributed by atoms with E-state index in [0.29, 0.717) is 59.3 Å². The molecule has 3 heterocycles. The van der Waals surface area contributed by atoms with Crippen LogP contribution >= 0.6 is 0 Å². The molecule has 0 unspecified atom stereocenters. The van der Waals surface area contributed by atoms with E-state index in [4.69, 9.17) is 28.4 Å². The van der Waals surface area contributed by atoms with Crippen LogP contribution in [0.4, 0.5) is 0 Å². The molecule has 0 atom stereocenters. The van der Waals surface area contributed by atoms with Gasteiger partial charge in [-0.2, -0.15) is 0 Å². The minimum Gasteiger partial charge on any atom is -0.462 e. The first-order valence-electron chi connectivity index (χ1n) is 13.0. The van der Waals surface area contributed by atoms with Gasteiger partial charge in [0.2, 0.25) is 0 Å². The Morgan fingerprint density at radius 1 is 0.556 bits per heavy atom. The van der Waals surface area contributed by atoms with Gasteiger partial charge in [0, 0.05) is 58.9 Å². The van der Waals surface area contributed by atoms with Gasteiger partial charge < -0.3 is 28.4 Å². The normalized spacial score (nSPS) is 20.2. The number of nitrogens with zero attached hydrogens (tertiary/aromatic N) is 3. The van der Waals surface area contributed by atoms with E-state index in [1.807, 2.05) is 0 Å². The van der Waals surface area contributed by atoms with Crippen LogP contribution in [-0.4, -0.2) is 150 Å². The number of morpholine rings is 3. The molecule has 3 rings (SSSR count). The predicted molar refractivity (Wildman–Crippen MR) is 127 cm³/mol. The van der Waals surface area contributed by atoms with Gasteiger partial charge >= 0.3 is 17.9 Å². The Balaban J connectivity index is 1.39. The number of rotatable bonds is 14. The molecule has 3 aliphatic heterocycles. The lowest BCUT2D eigenvalue weighted by Gasteiger charge is -2.27. The molecule has 12 nitrogen and oxygen atoms in total. The van der Waals surface area contributed by atoms with Crippen molar-refractivity contribution in [3.8, 4) is 0 Å². The zero-order chi connectivity index (χ0) is 25.4. The van der Waals surface area contributed by atoms with Crippen LogP contribution in [0.5, 0.6) is 0 Å². The van der Waals surface area contributed by atoms with Crippen molar-refractivity contribution in [2.24, 2.45) is 0 Å². The molecule has 0 saturated carbocycles. The molecule has 3 saturated heterocycles. The molecule has 0 bridgehead atoms. The maximum Gasteiger partial charge on any atom is 0.307 e. The summed E-state index contributed by atoms with van der Waals surface area (Å²) in [6, 6.07) is 0. The van der Waals surface area contributed by atoms with Crippen molar-refractivity contribution < 1.29 is 42.8 Å². The number of esters is 3. The summed E-state index contributed by atoms with van der Waals surface area (Å²) in [6.45, 7) is 10.1. The quantitative estimate of drug-likeness (QED) is 0.212. The Morgan fingerprint density at radius 2 is 0.889 bits per heavy atom. The van der Waals surface area contributed by atoms with Gasteiger partial charge in [-0.05, 0) is 0 Å². The van der Waals surface area contributed by atoms with Gasteiger partial charge in [0.1, 0.15) is 13.2 Å². The Hall–Kier alpha value is -1.83. The van der Waals surface area contributed by atoms with Gasteiger partial charge in [0.25, 0.3) is 0 Å². The fourth-order valence-electron chi connectivity index (χ4n) is 4.10. The smallest absolute Gasteiger partial charge is 0.307 e. The van der Waals surface area contributed by atoms with Gasteiger partial charge in [-0.25, -0.2) is 0 Å². The molecule has 0 radical (unpaired) electrons. The van der Waals surface area contributed by atoms with Crippen LogP contribution in [0.25, 0.3) is 0 Å². The highest BCUT2D eigenvalue weighted by atomic mass is 16.6. The lowest BCUT2D eigenvalue weighted by Crippen LogP contribution is -2.39. The van der Waals surface area contributed by atoms with Crippen molar-refractivity contribution in [1.82, 2.24) is 14.7 Å². The molecule has 3 aliphatic rings. The minimum atomic E-state index is -0.845. The molecule has 0 spiro atoms. The lowest BCUT2D eigenvalue weighted by molar-refractivity contribution is -0.167. The zero-order valence-electron chi connectivity index (χ0n) is 21.2. The fourth-order valence-corrected chi connectivity index (χ4v) is 4.10. The summed E-state index contributed by atoms with van der Waals surface area (Å²) in [4.78, 5) is 43.4. The molecule has 12 heteroatoms. The van der Waals surface area contributed by atoms with E-state index in [9.17, 15) is 14.4 Å². The van der Waals surface area contributed by atoms with Gasteiger partial charge in [-0.3, -0.25) is 29.1 Å². The van der Waals surface area contributed by atoms with E-state index in [0.717, 1.165) is 39.3 Å². The number of ether oxygens (including phenoxy) is 6. The van der Waals surface area contributed by atoms with Crippen molar-refractivity contribution in [3.63, 3.8) is 0 Å². The number of hydrogen-bond donors (Lipinski definition) is 0. The molecule has 206 valence electrons. The summed E-state index contributed by atoms with van der Waals surface area (Å²) in [5.41, 5.74) is 0.